The summed E-state index contributed by atoms with van der Waals surface area (Å²) in [5.41, 5.74) is 1.95. The molecule has 2 rings (SSSR count). The molecule has 1 aromatic rings. The number of halogens is 3. The number of carboxylic acid groups (broad SMARTS) is 1. The maximum Gasteiger partial charge on any atom is 0.490 e. The van der Waals surface area contributed by atoms with Crippen molar-refractivity contribution in [2.24, 2.45) is 0 Å². The number of rotatable bonds is 5. The summed E-state index contributed by atoms with van der Waals surface area (Å²) in [7, 11) is 0. The maximum atomic E-state index is 11.4. The molecule has 2 N–H and O–H groups in total. The summed E-state index contributed by atoms with van der Waals surface area (Å²) in [5, 5.41) is 10.8. The van der Waals surface area contributed by atoms with Crippen molar-refractivity contribution in [3.8, 4) is 0 Å². The van der Waals surface area contributed by atoms with Gasteiger partial charge in [0, 0.05) is 24.9 Å². The van der Waals surface area contributed by atoms with Gasteiger partial charge in [-0.25, -0.2) is 9.78 Å². The summed E-state index contributed by atoms with van der Waals surface area (Å²) in [5.74, 6) is -3.03. The number of carboxylic acids is 1. The molecular formula is C17H22F3N3O5S. The van der Waals surface area contributed by atoms with Gasteiger partial charge in [-0.15, -0.1) is 0 Å². The molecule has 1 aromatic heterocycles. The maximum absolute atomic E-state index is 11.4. The number of nitrogens with one attached hydrogen (secondary N) is 1. The van der Waals surface area contributed by atoms with Gasteiger partial charge in [-0.05, 0) is 31.5 Å². The Bertz CT molecular complexity index is 749. The molecule has 0 radical (unpaired) electrons. The minimum atomic E-state index is -5.08. The van der Waals surface area contributed by atoms with E-state index < -0.39 is 12.1 Å². The summed E-state index contributed by atoms with van der Waals surface area (Å²) in [6.45, 7) is 5.59. The fraction of sp³-hybridized carbons (Fsp3) is 0.529. The van der Waals surface area contributed by atoms with Crippen molar-refractivity contribution in [1.82, 2.24) is 14.9 Å². The highest BCUT2D eigenvalue weighted by atomic mass is 32.2. The Balaban J connectivity index is 0.000000516. The zero-order valence-corrected chi connectivity index (χ0v) is 16.7. The van der Waals surface area contributed by atoms with Crippen LogP contribution in [-0.2, 0) is 25.7 Å². The first-order valence-corrected chi connectivity index (χ1v) is 9.46. The lowest BCUT2D eigenvalue weighted by Crippen LogP contribution is -2.32. The third-order valence-corrected chi connectivity index (χ3v) is 4.64. The molecule has 1 aliphatic rings. The second-order valence-electron chi connectivity index (χ2n) is 5.86. The Morgan fingerprint density at radius 3 is 2.66 bits per heavy atom. The van der Waals surface area contributed by atoms with Gasteiger partial charge in [0.05, 0.1) is 18.6 Å². The van der Waals surface area contributed by atoms with E-state index in [1.807, 2.05) is 12.3 Å². The van der Waals surface area contributed by atoms with Crippen LogP contribution in [0.2, 0.25) is 0 Å². The van der Waals surface area contributed by atoms with Crippen LogP contribution in [0, 0.1) is 0 Å². The molecular weight excluding hydrogens is 415 g/mol. The minimum Gasteiger partial charge on any atom is -0.475 e. The van der Waals surface area contributed by atoms with Gasteiger partial charge in [-0.2, -0.15) is 13.2 Å². The monoisotopic (exact) mass is 437 g/mol. The number of carbonyl (C=O) groups excluding carboxylic acids is 2. The van der Waals surface area contributed by atoms with Crippen LogP contribution in [0.4, 0.5) is 13.2 Å². The second kappa shape index (κ2) is 11.6. The predicted octanol–water partition coefficient (Wildman–Crippen LogP) is 2.10. The van der Waals surface area contributed by atoms with E-state index in [4.69, 9.17) is 14.6 Å². The van der Waals surface area contributed by atoms with Crippen LogP contribution in [0.15, 0.2) is 18.1 Å². The van der Waals surface area contributed by atoms with E-state index in [-0.39, 0.29) is 22.9 Å². The molecule has 1 atom stereocenters. The van der Waals surface area contributed by atoms with Gasteiger partial charge in [0.2, 0.25) is 0 Å². The number of hydrogen-bond donors (Lipinski definition) is 2. The molecule has 29 heavy (non-hydrogen) atoms. The molecule has 0 amide bonds. The zero-order valence-electron chi connectivity index (χ0n) is 15.9. The van der Waals surface area contributed by atoms with Gasteiger partial charge in [-0.1, -0.05) is 11.8 Å². The summed E-state index contributed by atoms with van der Waals surface area (Å²) in [4.78, 5) is 36.0. The van der Waals surface area contributed by atoms with Gasteiger partial charge in [0.1, 0.15) is 6.54 Å². The van der Waals surface area contributed by atoms with E-state index in [0.29, 0.717) is 6.61 Å². The Labute approximate surface area is 169 Å². The first-order chi connectivity index (χ1) is 13.5. The molecule has 0 aliphatic carbocycles. The number of alkyl halides is 3. The molecule has 0 aromatic carbocycles. The van der Waals surface area contributed by atoms with E-state index in [1.165, 1.54) is 11.8 Å². The number of thioether (sulfide) groups is 1. The first kappa shape index (κ1) is 24.7. The van der Waals surface area contributed by atoms with Crippen LogP contribution in [0.25, 0.3) is 6.08 Å². The summed E-state index contributed by atoms with van der Waals surface area (Å²) >= 11 is 1.37. The van der Waals surface area contributed by atoms with Gasteiger partial charge >= 0.3 is 18.1 Å². The Kier molecular flexibility index (Phi) is 9.89. The molecule has 1 saturated heterocycles. The van der Waals surface area contributed by atoms with Crippen LogP contribution < -0.4 is 5.32 Å². The molecule has 0 saturated carbocycles. The summed E-state index contributed by atoms with van der Waals surface area (Å²) < 4.78 is 38.4. The minimum absolute atomic E-state index is 0.130. The largest absolute Gasteiger partial charge is 0.490 e. The van der Waals surface area contributed by atoms with Crippen molar-refractivity contribution in [2.75, 3.05) is 19.7 Å². The molecule has 162 valence electrons. The summed E-state index contributed by atoms with van der Waals surface area (Å²) in [6.07, 6.45) is 1.27. The average molecular weight is 437 g/mol. The average Bonchev–Trinajstić information content (AvgIpc) is 3.03. The molecule has 2 heterocycles. The van der Waals surface area contributed by atoms with Crippen molar-refractivity contribution in [3.63, 3.8) is 0 Å². The third-order valence-electron chi connectivity index (χ3n) is 3.48. The van der Waals surface area contributed by atoms with Crippen molar-refractivity contribution < 1.29 is 37.4 Å². The fourth-order valence-corrected chi connectivity index (χ4v) is 3.27. The van der Waals surface area contributed by atoms with E-state index in [0.717, 1.165) is 30.8 Å². The third kappa shape index (κ3) is 9.61. The Morgan fingerprint density at radius 2 is 2.10 bits per heavy atom. The highest BCUT2D eigenvalue weighted by Gasteiger charge is 2.38. The molecule has 8 nitrogen and oxygen atoms in total. The van der Waals surface area contributed by atoms with Crippen LogP contribution >= 0.6 is 11.8 Å². The molecule has 1 aliphatic heterocycles. The summed E-state index contributed by atoms with van der Waals surface area (Å²) in [6, 6.07) is 0. The highest BCUT2D eigenvalue weighted by Crippen LogP contribution is 2.26. The lowest BCUT2D eigenvalue weighted by atomic mass is 10.1. The SMILES string of the molecule is CCOC(=O)Cn1cnc(/C=C2\CNCCC2SC(C)=O)c1.O=C(O)C(F)(F)F. The molecule has 12 heteroatoms. The second-order valence-corrected chi connectivity index (χ2v) is 7.24. The Hall–Kier alpha value is -2.34. The van der Waals surface area contributed by atoms with Gasteiger partial charge in [-0.3, -0.25) is 9.59 Å². The highest BCUT2D eigenvalue weighted by molar-refractivity contribution is 8.14. The Morgan fingerprint density at radius 1 is 1.45 bits per heavy atom. The number of piperidine rings is 1. The first-order valence-electron chi connectivity index (χ1n) is 8.58. The number of hydrogen-bond acceptors (Lipinski definition) is 7. The topological polar surface area (TPSA) is 111 Å². The standard InChI is InChI=1S/C15H21N3O3S.C2HF3O2/c1-3-21-15(20)9-18-8-13(17-10-18)6-12-7-16-5-4-14(12)22-11(2)19;3-2(4,5)1(6)7/h6,8,10,14,16H,3-5,7,9H2,1-2H3;(H,6,7)/b12-6+;. The number of nitrogens with zero attached hydrogens (tertiary/aromatic N) is 2. The van der Waals surface area contributed by atoms with E-state index in [2.05, 4.69) is 10.3 Å². The molecule has 1 unspecified atom stereocenters. The van der Waals surface area contributed by atoms with Crippen LogP contribution in [0.3, 0.4) is 0 Å². The fourth-order valence-electron chi connectivity index (χ4n) is 2.33. The van der Waals surface area contributed by atoms with Crippen LogP contribution in [0.5, 0.6) is 0 Å². The van der Waals surface area contributed by atoms with Gasteiger partial charge < -0.3 is 19.7 Å². The lowest BCUT2D eigenvalue weighted by molar-refractivity contribution is -0.192. The lowest BCUT2D eigenvalue weighted by Gasteiger charge is -2.24. The van der Waals surface area contributed by atoms with Crippen molar-refractivity contribution >= 4 is 34.9 Å². The van der Waals surface area contributed by atoms with E-state index in [9.17, 15) is 22.8 Å². The number of carbonyl (C=O) groups is 3. The number of esters is 1. The number of aromatic nitrogens is 2. The molecule has 0 bridgehead atoms. The smallest absolute Gasteiger partial charge is 0.475 e. The van der Waals surface area contributed by atoms with Gasteiger partial charge in [0.25, 0.3) is 0 Å². The quantitative estimate of drug-likeness (QED) is 0.674. The number of imidazole rings is 1. The van der Waals surface area contributed by atoms with Crippen LogP contribution in [-0.4, -0.2) is 62.8 Å². The zero-order chi connectivity index (χ0) is 22.0. The van der Waals surface area contributed by atoms with Crippen molar-refractivity contribution in [1.29, 1.82) is 0 Å². The van der Waals surface area contributed by atoms with Gasteiger partial charge in [0.15, 0.2) is 5.12 Å². The predicted molar refractivity (Wildman–Crippen MR) is 100 cm³/mol. The normalized spacial score (nSPS) is 18.0. The van der Waals surface area contributed by atoms with Crippen molar-refractivity contribution in [3.05, 3.63) is 23.8 Å². The van der Waals surface area contributed by atoms with E-state index in [1.54, 1.807) is 24.7 Å². The van der Waals surface area contributed by atoms with Crippen molar-refractivity contribution in [2.45, 2.75) is 38.2 Å². The van der Waals surface area contributed by atoms with E-state index >= 15 is 0 Å². The molecule has 1 fully saturated rings. The molecule has 0 spiro atoms. The van der Waals surface area contributed by atoms with Crippen LogP contribution in [0.1, 0.15) is 26.0 Å². The number of ether oxygens (including phenoxy) is 1. The number of aliphatic carboxylic acids is 1.